The average molecular weight is 325 g/mol. The first-order chi connectivity index (χ1) is 11.1. The minimum absolute atomic E-state index is 0.0239. The molecule has 2 amide bonds. The van der Waals surface area contributed by atoms with E-state index in [1.807, 2.05) is 25.7 Å². The number of aliphatic imine (C=N–C) groups is 1. The van der Waals surface area contributed by atoms with E-state index in [2.05, 4.69) is 20.9 Å². The van der Waals surface area contributed by atoms with Crippen LogP contribution in [0.5, 0.6) is 0 Å². The number of rotatable bonds is 8. The molecule has 0 aliphatic carbocycles. The fourth-order valence-electron chi connectivity index (χ4n) is 2.30. The molecular weight excluding hydrogens is 294 g/mol. The Kier molecular flexibility index (Phi) is 9.09. The Morgan fingerprint density at radius 3 is 2.48 bits per heavy atom. The highest BCUT2D eigenvalue weighted by Crippen LogP contribution is 2.07. The van der Waals surface area contributed by atoms with Gasteiger partial charge in [0.2, 0.25) is 11.8 Å². The van der Waals surface area contributed by atoms with Crippen molar-refractivity contribution in [1.82, 2.24) is 20.9 Å². The summed E-state index contributed by atoms with van der Waals surface area (Å²) in [6.07, 6.45) is 3.47. The van der Waals surface area contributed by atoms with Crippen molar-refractivity contribution in [2.75, 3.05) is 32.7 Å². The Labute approximate surface area is 139 Å². The third kappa shape index (κ3) is 7.85. The highest BCUT2D eigenvalue weighted by atomic mass is 16.2. The Hall–Kier alpha value is -1.79. The van der Waals surface area contributed by atoms with Gasteiger partial charge in [-0.25, -0.2) is 4.99 Å². The number of hydrogen-bond acceptors (Lipinski definition) is 3. The van der Waals surface area contributed by atoms with E-state index in [4.69, 9.17) is 0 Å². The Morgan fingerprint density at radius 2 is 1.87 bits per heavy atom. The van der Waals surface area contributed by atoms with Gasteiger partial charge in [-0.1, -0.05) is 6.92 Å². The zero-order valence-electron chi connectivity index (χ0n) is 14.7. The highest BCUT2D eigenvalue weighted by Gasteiger charge is 2.17. The molecule has 0 aromatic rings. The van der Waals surface area contributed by atoms with Crippen LogP contribution in [0.25, 0.3) is 0 Å². The molecule has 23 heavy (non-hydrogen) atoms. The Morgan fingerprint density at radius 1 is 1.17 bits per heavy atom. The Bertz CT molecular complexity index is 405. The molecule has 1 atom stereocenters. The van der Waals surface area contributed by atoms with Crippen molar-refractivity contribution in [3.8, 4) is 0 Å². The quantitative estimate of drug-likeness (QED) is 0.447. The predicted molar refractivity (Wildman–Crippen MR) is 92.3 cm³/mol. The summed E-state index contributed by atoms with van der Waals surface area (Å²) < 4.78 is 0. The van der Waals surface area contributed by atoms with Crippen molar-refractivity contribution < 1.29 is 9.59 Å². The summed E-state index contributed by atoms with van der Waals surface area (Å²) in [5, 5.41) is 9.11. The maximum Gasteiger partial charge on any atom is 0.244 e. The lowest BCUT2D eigenvalue weighted by molar-refractivity contribution is -0.128. The standard InChI is InChI=1S/C16H31N5O2/c1-4-13(3)20-14(22)8-9-18-16(17-5-2)19-12-15(23)21-10-6-7-11-21/h13H,4-12H2,1-3H3,(H,20,22)(H2,17,18,19). The van der Waals surface area contributed by atoms with Gasteiger partial charge in [0.05, 0.1) is 0 Å². The number of amides is 2. The summed E-state index contributed by atoms with van der Waals surface area (Å²) in [7, 11) is 0. The molecule has 0 aromatic heterocycles. The van der Waals surface area contributed by atoms with Crippen LogP contribution in [0.15, 0.2) is 4.99 Å². The van der Waals surface area contributed by atoms with Gasteiger partial charge in [0.1, 0.15) is 6.54 Å². The normalized spacial score (nSPS) is 16.1. The minimum Gasteiger partial charge on any atom is -0.357 e. The van der Waals surface area contributed by atoms with Crippen LogP contribution >= 0.6 is 0 Å². The predicted octanol–water partition coefficient (Wildman–Crippen LogP) is 0.469. The fraction of sp³-hybridized carbons (Fsp3) is 0.812. The van der Waals surface area contributed by atoms with E-state index >= 15 is 0 Å². The summed E-state index contributed by atoms with van der Waals surface area (Å²) >= 11 is 0. The number of hydrogen-bond donors (Lipinski definition) is 3. The molecule has 132 valence electrons. The Balaban J connectivity index is 2.34. The monoisotopic (exact) mass is 325 g/mol. The van der Waals surface area contributed by atoms with Crippen LogP contribution < -0.4 is 16.0 Å². The molecule has 7 heteroatoms. The zero-order valence-corrected chi connectivity index (χ0v) is 14.7. The van der Waals surface area contributed by atoms with Gasteiger partial charge in [-0.05, 0) is 33.1 Å². The lowest BCUT2D eigenvalue weighted by atomic mass is 10.2. The number of guanidine groups is 1. The molecular formula is C16H31N5O2. The van der Waals surface area contributed by atoms with Crippen molar-refractivity contribution in [2.24, 2.45) is 4.99 Å². The van der Waals surface area contributed by atoms with E-state index in [1.54, 1.807) is 0 Å². The molecule has 1 aliphatic rings. The highest BCUT2D eigenvalue weighted by molar-refractivity contribution is 5.85. The summed E-state index contributed by atoms with van der Waals surface area (Å²) in [5.74, 6) is 0.668. The van der Waals surface area contributed by atoms with Crippen LogP contribution in [0.2, 0.25) is 0 Å². The van der Waals surface area contributed by atoms with Gasteiger partial charge in [0.25, 0.3) is 0 Å². The summed E-state index contributed by atoms with van der Waals surface area (Å²) in [6, 6.07) is 0.197. The van der Waals surface area contributed by atoms with Gasteiger partial charge < -0.3 is 20.9 Å². The number of nitrogens with zero attached hydrogens (tertiary/aromatic N) is 2. The van der Waals surface area contributed by atoms with Crippen LogP contribution in [-0.4, -0.2) is 61.4 Å². The second kappa shape index (κ2) is 10.9. The van der Waals surface area contributed by atoms with Gasteiger partial charge in [-0.3, -0.25) is 9.59 Å². The third-order valence-corrected chi connectivity index (χ3v) is 3.84. The number of carbonyl (C=O) groups excluding carboxylic acids is 2. The first-order valence-electron chi connectivity index (χ1n) is 8.66. The molecule has 0 saturated carbocycles. The van der Waals surface area contributed by atoms with Gasteiger partial charge in [0.15, 0.2) is 5.96 Å². The topological polar surface area (TPSA) is 85.8 Å². The van der Waals surface area contributed by atoms with Crippen molar-refractivity contribution >= 4 is 17.8 Å². The van der Waals surface area contributed by atoms with E-state index < -0.39 is 0 Å². The fourth-order valence-corrected chi connectivity index (χ4v) is 2.30. The summed E-state index contributed by atoms with van der Waals surface area (Å²) in [5.41, 5.74) is 0. The van der Waals surface area contributed by atoms with Crippen LogP contribution in [0, 0.1) is 0 Å². The van der Waals surface area contributed by atoms with E-state index in [1.165, 1.54) is 0 Å². The second-order valence-corrected chi connectivity index (χ2v) is 5.84. The largest absolute Gasteiger partial charge is 0.357 e. The molecule has 3 N–H and O–H groups in total. The number of carbonyl (C=O) groups is 2. The first kappa shape index (κ1) is 19.3. The molecule has 1 unspecified atom stereocenters. The zero-order chi connectivity index (χ0) is 17.1. The molecule has 1 saturated heterocycles. The van der Waals surface area contributed by atoms with Crippen LogP contribution in [0.4, 0.5) is 0 Å². The van der Waals surface area contributed by atoms with Crippen molar-refractivity contribution in [1.29, 1.82) is 0 Å². The SMILES string of the molecule is CCNC(=NCC(=O)N1CCCC1)NCCC(=O)NC(C)CC. The second-order valence-electron chi connectivity index (χ2n) is 5.84. The van der Waals surface area contributed by atoms with Crippen molar-refractivity contribution in [3.05, 3.63) is 0 Å². The molecule has 0 aromatic carbocycles. The van der Waals surface area contributed by atoms with Crippen molar-refractivity contribution in [3.63, 3.8) is 0 Å². The lowest BCUT2D eigenvalue weighted by Gasteiger charge is -2.15. The molecule has 0 spiro atoms. The maximum absolute atomic E-state index is 12.0. The molecule has 7 nitrogen and oxygen atoms in total. The maximum atomic E-state index is 12.0. The molecule has 1 fully saturated rings. The third-order valence-electron chi connectivity index (χ3n) is 3.84. The van der Waals surface area contributed by atoms with Crippen LogP contribution in [0.3, 0.4) is 0 Å². The van der Waals surface area contributed by atoms with E-state index in [0.29, 0.717) is 25.5 Å². The van der Waals surface area contributed by atoms with Gasteiger partial charge in [-0.2, -0.15) is 0 Å². The van der Waals surface area contributed by atoms with Crippen LogP contribution in [0.1, 0.15) is 46.5 Å². The summed E-state index contributed by atoms with van der Waals surface area (Å²) in [6.45, 7) is 9.03. The molecule has 1 rings (SSSR count). The van der Waals surface area contributed by atoms with Crippen molar-refractivity contribution in [2.45, 2.75) is 52.5 Å². The molecule has 1 aliphatic heterocycles. The minimum atomic E-state index is 0.0239. The van der Waals surface area contributed by atoms with Crippen LogP contribution in [-0.2, 0) is 9.59 Å². The first-order valence-corrected chi connectivity index (χ1v) is 8.66. The lowest BCUT2D eigenvalue weighted by Crippen LogP contribution is -2.41. The van der Waals surface area contributed by atoms with E-state index in [0.717, 1.165) is 32.4 Å². The number of likely N-dealkylation sites (tertiary alicyclic amines) is 1. The molecule has 0 radical (unpaired) electrons. The smallest absolute Gasteiger partial charge is 0.244 e. The van der Waals surface area contributed by atoms with E-state index in [-0.39, 0.29) is 24.4 Å². The van der Waals surface area contributed by atoms with Gasteiger partial charge in [0, 0.05) is 38.6 Å². The van der Waals surface area contributed by atoms with Gasteiger partial charge in [-0.15, -0.1) is 0 Å². The molecule has 1 heterocycles. The van der Waals surface area contributed by atoms with Gasteiger partial charge >= 0.3 is 0 Å². The summed E-state index contributed by atoms with van der Waals surface area (Å²) in [4.78, 5) is 29.9. The van der Waals surface area contributed by atoms with E-state index in [9.17, 15) is 9.59 Å². The molecule has 0 bridgehead atoms. The number of nitrogens with one attached hydrogen (secondary N) is 3. The average Bonchev–Trinajstić information content (AvgIpc) is 3.06.